The highest BCUT2D eigenvalue weighted by Gasteiger charge is 2.29. The molecule has 1 aliphatic carbocycles. The molecule has 0 radical (unpaired) electrons. The molecular formula is C14H25N5O. The molecule has 0 aromatic carbocycles. The Balaban J connectivity index is 1.96. The third-order valence-electron chi connectivity index (χ3n) is 4.09. The van der Waals surface area contributed by atoms with Crippen molar-refractivity contribution in [3.8, 4) is 0 Å². The maximum atomic E-state index is 12.3. The summed E-state index contributed by atoms with van der Waals surface area (Å²) in [5, 5.41) is 7.23. The molecule has 1 atom stereocenters. The average Bonchev–Trinajstić information content (AvgIpc) is 3.21. The highest BCUT2D eigenvalue weighted by Crippen LogP contribution is 2.26. The average molecular weight is 279 g/mol. The molecule has 3 N–H and O–H groups in total. The number of nitrogens with two attached hydrogens (primary N) is 1. The highest BCUT2D eigenvalue weighted by atomic mass is 16.2. The molecule has 1 fully saturated rings. The van der Waals surface area contributed by atoms with Crippen molar-refractivity contribution in [3.63, 3.8) is 0 Å². The van der Waals surface area contributed by atoms with Crippen LogP contribution < -0.4 is 11.1 Å². The summed E-state index contributed by atoms with van der Waals surface area (Å²) in [4.78, 5) is 14.6. The molecule has 1 aromatic heterocycles. The van der Waals surface area contributed by atoms with Gasteiger partial charge in [0.15, 0.2) is 0 Å². The molecule has 1 aliphatic rings. The molecule has 6 heteroatoms. The summed E-state index contributed by atoms with van der Waals surface area (Å²) in [5.41, 5.74) is 7.72. The number of likely N-dealkylation sites (N-methyl/N-ethyl adjacent to an activating group) is 1. The lowest BCUT2D eigenvalue weighted by Gasteiger charge is -2.24. The predicted molar refractivity (Wildman–Crippen MR) is 79.6 cm³/mol. The zero-order chi connectivity index (χ0) is 14.9. The van der Waals surface area contributed by atoms with Crippen LogP contribution in [-0.2, 0) is 13.5 Å². The molecule has 20 heavy (non-hydrogen) atoms. The van der Waals surface area contributed by atoms with E-state index in [0.29, 0.717) is 30.0 Å². The SMILES string of the molecule is CCc1nn(C)c(C(=O)NCC(C)N(C)C2CC2)c1N. The maximum Gasteiger partial charge on any atom is 0.271 e. The summed E-state index contributed by atoms with van der Waals surface area (Å²) in [5.74, 6) is -0.145. The fourth-order valence-electron chi connectivity index (χ4n) is 2.44. The van der Waals surface area contributed by atoms with Crippen molar-refractivity contribution in [2.75, 3.05) is 19.3 Å². The fourth-order valence-corrected chi connectivity index (χ4v) is 2.44. The summed E-state index contributed by atoms with van der Waals surface area (Å²) >= 11 is 0. The molecule has 1 unspecified atom stereocenters. The zero-order valence-electron chi connectivity index (χ0n) is 12.8. The molecule has 1 aromatic rings. The minimum atomic E-state index is -0.145. The van der Waals surface area contributed by atoms with E-state index >= 15 is 0 Å². The van der Waals surface area contributed by atoms with Crippen LogP contribution >= 0.6 is 0 Å². The molecule has 1 amide bonds. The van der Waals surface area contributed by atoms with Crippen LogP contribution in [0.25, 0.3) is 0 Å². The number of aryl methyl sites for hydroxylation is 2. The van der Waals surface area contributed by atoms with E-state index in [-0.39, 0.29) is 5.91 Å². The first-order valence-electron chi connectivity index (χ1n) is 7.27. The van der Waals surface area contributed by atoms with Crippen molar-refractivity contribution in [3.05, 3.63) is 11.4 Å². The molecule has 0 spiro atoms. The van der Waals surface area contributed by atoms with E-state index in [1.165, 1.54) is 12.8 Å². The quantitative estimate of drug-likeness (QED) is 0.807. The molecule has 112 valence electrons. The molecule has 0 aliphatic heterocycles. The van der Waals surface area contributed by atoms with Crippen LogP contribution in [0.15, 0.2) is 0 Å². The number of nitrogens with one attached hydrogen (secondary N) is 1. The Hall–Kier alpha value is -1.56. The smallest absolute Gasteiger partial charge is 0.271 e. The van der Waals surface area contributed by atoms with Gasteiger partial charge in [-0.2, -0.15) is 5.10 Å². The second kappa shape index (κ2) is 5.83. The summed E-state index contributed by atoms with van der Waals surface area (Å²) in [6.07, 6.45) is 3.26. The van der Waals surface area contributed by atoms with E-state index in [2.05, 4.69) is 29.3 Å². The number of carbonyl (C=O) groups is 1. The Bertz CT molecular complexity index is 492. The second-order valence-electron chi connectivity index (χ2n) is 5.64. The lowest BCUT2D eigenvalue weighted by Crippen LogP contribution is -2.41. The van der Waals surface area contributed by atoms with E-state index < -0.39 is 0 Å². The van der Waals surface area contributed by atoms with Crippen LogP contribution in [0, 0.1) is 0 Å². The first-order chi connectivity index (χ1) is 9.45. The Morgan fingerprint density at radius 3 is 2.75 bits per heavy atom. The number of anilines is 1. The molecular weight excluding hydrogens is 254 g/mol. The van der Waals surface area contributed by atoms with Crippen molar-refractivity contribution < 1.29 is 4.79 Å². The van der Waals surface area contributed by atoms with Gasteiger partial charge in [0, 0.05) is 25.7 Å². The molecule has 0 saturated heterocycles. The molecule has 0 bridgehead atoms. The largest absolute Gasteiger partial charge is 0.395 e. The summed E-state index contributed by atoms with van der Waals surface area (Å²) < 4.78 is 1.57. The van der Waals surface area contributed by atoms with Crippen LogP contribution in [0.2, 0.25) is 0 Å². The number of nitrogens with zero attached hydrogens (tertiary/aromatic N) is 3. The minimum Gasteiger partial charge on any atom is -0.395 e. The van der Waals surface area contributed by atoms with Crippen LogP contribution in [-0.4, -0.2) is 46.3 Å². The van der Waals surface area contributed by atoms with Crippen molar-refractivity contribution in [1.29, 1.82) is 0 Å². The van der Waals surface area contributed by atoms with Gasteiger partial charge in [0.1, 0.15) is 5.69 Å². The van der Waals surface area contributed by atoms with Gasteiger partial charge in [-0.15, -0.1) is 0 Å². The minimum absolute atomic E-state index is 0.145. The highest BCUT2D eigenvalue weighted by molar-refractivity contribution is 5.98. The molecule has 2 rings (SSSR count). The normalized spacial score (nSPS) is 16.4. The van der Waals surface area contributed by atoms with Crippen LogP contribution in [0.4, 0.5) is 5.69 Å². The number of hydrogen-bond donors (Lipinski definition) is 2. The summed E-state index contributed by atoms with van der Waals surface area (Å²) in [6.45, 7) is 4.73. The lowest BCUT2D eigenvalue weighted by molar-refractivity contribution is 0.0931. The van der Waals surface area contributed by atoms with Gasteiger partial charge in [0.25, 0.3) is 5.91 Å². The lowest BCUT2D eigenvalue weighted by atomic mass is 10.2. The summed E-state index contributed by atoms with van der Waals surface area (Å²) in [6, 6.07) is 1.02. The Kier molecular flexibility index (Phi) is 4.32. The zero-order valence-corrected chi connectivity index (χ0v) is 12.8. The van der Waals surface area contributed by atoms with Crippen molar-refractivity contribution in [2.45, 2.75) is 45.2 Å². The van der Waals surface area contributed by atoms with Gasteiger partial charge in [-0.1, -0.05) is 6.92 Å². The number of amides is 1. The molecule has 1 saturated carbocycles. The number of rotatable bonds is 6. The number of aromatic nitrogens is 2. The van der Waals surface area contributed by atoms with Gasteiger partial charge in [-0.3, -0.25) is 14.4 Å². The summed E-state index contributed by atoms with van der Waals surface area (Å²) in [7, 11) is 3.87. The van der Waals surface area contributed by atoms with Gasteiger partial charge in [0.05, 0.1) is 11.4 Å². The second-order valence-corrected chi connectivity index (χ2v) is 5.64. The van der Waals surface area contributed by atoms with Crippen molar-refractivity contribution in [1.82, 2.24) is 20.0 Å². The third kappa shape index (κ3) is 2.95. The third-order valence-corrected chi connectivity index (χ3v) is 4.09. The van der Waals surface area contributed by atoms with E-state index in [9.17, 15) is 4.79 Å². The standard InChI is InChI=1S/C14H25N5O/c1-5-11-12(15)13(19(4)17-11)14(20)16-8-9(2)18(3)10-6-7-10/h9-10H,5-8,15H2,1-4H3,(H,16,20). The van der Waals surface area contributed by atoms with E-state index in [1.54, 1.807) is 11.7 Å². The van der Waals surface area contributed by atoms with Gasteiger partial charge in [-0.05, 0) is 33.2 Å². The number of carbonyl (C=O) groups excluding carboxylic acids is 1. The van der Waals surface area contributed by atoms with Crippen molar-refractivity contribution >= 4 is 11.6 Å². The first kappa shape index (κ1) is 14.8. The molecule has 1 heterocycles. The van der Waals surface area contributed by atoms with E-state index in [1.807, 2.05) is 6.92 Å². The van der Waals surface area contributed by atoms with Crippen LogP contribution in [0.3, 0.4) is 0 Å². The monoisotopic (exact) mass is 279 g/mol. The Labute approximate surface area is 120 Å². The number of nitrogen functional groups attached to an aromatic ring is 1. The first-order valence-corrected chi connectivity index (χ1v) is 7.27. The fraction of sp³-hybridized carbons (Fsp3) is 0.714. The predicted octanol–water partition coefficient (Wildman–Crippen LogP) is 0.777. The van der Waals surface area contributed by atoms with Crippen LogP contribution in [0.1, 0.15) is 42.9 Å². The van der Waals surface area contributed by atoms with Gasteiger partial charge < -0.3 is 11.1 Å². The van der Waals surface area contributed by atoms with E-state index in [0.717, 1.165) is 12.1 Å². The van der Waals surface area contributed by atoms with Gasteiger partial charge in [0.2, 0.25) is 0 Å². The molecule has 6 nitrogen and oxygen atoms in total. The number of hydrogen-bond acceptors (Lipinski definition) is 4. The van der Waals surface area contributed by atoms with Crippen LogP contribution in [0.5, 0.6) is 0 Å². The topological polar surface area (TPSA) is 76.2 Å². The van der Waals surface area contributed by atoms with Crippen molar-refractivity contribution in [2.24, 2.45) is 7.05 Å². The Morgan fingerprint density at radius 2 is 2.25 bits per heavy atom. The van der Waals surface area contributed by atoms with Gasteiger partial charge in [-0.25, -0.2) is 0 Å². The maximum absolute atomic E-state index is 12.3. The van der Waals surface area contributed by atoms with Gasteiger partial charge >= 0.3 is 0 Å². The Morgan fingerprint density at radius 1 is 1.60 bits per heavy atom. The van der Waals surface area contributed by atoms with E-state index in [4.69, 9.17) is 5.73 Å².